The summed E-state index contributed by atoms with van der Waals surface area (Å²) in [6, 6.07) is 1.49. The largest absolute Gasteiger partial charge is 0.390 e. The molecule has 0 amide bonds. The number of H-pyrrole nitrogens is 1. The summed E-state index contributed by atoms with van der Waals surface area (Å²) in [4.78, 5) is 19.7. The van der Waals surface area contributed by atoms with E-state index in [1.165, 1.54) is 12.4 Å². The second-order valence-corrected chi connectivity index (χ2v) is 4.25. The molecule has 1 aliphatic heterocycles. The highest BCUT2D eigenvalue weighted by molar-refractivity contribution is 5.37. The topological polar surface area (TPSA) is 69.2 Å². The van der Waals surface area contributed by atoms with E-state index in [9.17, 15) is 9.90 Å². The van der Waals surface area contributed by atoms with Crippen LogP contribution in [0.25, 0.3) is 0 Å². The number of aromatic amines is 1. The zero-order valence-electron chi connectivity index (χ0n) is 8.73. The molecule has 5 nitrogen and oxygen atoms in total. The number of hydrogen-bond acceptors (Lipinski definition) is 4. The summed E-state index contributed by atoms with van der Waals surface area (Å²) < 4.78 is 0. The minimum atomic E-state index is -0.572. The molecule has 2 N–H and O–H groups in total. The third-order valence-corrected chi connectivity index (χ3v) is 2.83. The average molecular weight is 209 g/mol. The standard InChI is InChI=1S/C10H15N3O2/c1-10(15)2-4-13(5-3-10)8-6-9(14)12-7-11-8/h6-7,15H,2-5H2,1H3,(H,11,12,14). The van der Waals surface area contributed by atoms with Crippen molar-refractivity contribution < 1.29 is 5.11 Å². The zero-order chi connectivity index (χ0) is 10.9. The van der Waals surface area contributed by atoms with Gasteiger partial charge in [0.2, 0.25) is 0 Å². The van der Waals surface area contributed by atoms with Crippen LogP contribution in [0.2, 0.25) is 0 Å². The van der Waals surface area contributed by atoms with Crippen molar-refractivity contribution in [1.29, 1.82) is 0 Å². The molecule has 0 spiro atoms. The van der Waals surface area contributed by atoms with Crippen molar-refractivity contribution in [1.82, 2.24) is 9.97 Å². The van der Waals surface area contributed by atoms with Crippen LogP contribution in [0.15, 0.2) is 17.2 Å². The third-order valence-electron chi connectivity index (χ3n) is 2.83. The highest BCUT2D eigenvalue weighted by atomic mass is 16.3. The number of aliphatic hydroxyl groups is 1. The van der Waals surface area contributed by atoms with Crippen LogP contribution in [0.5, 0.6) is 0 Å². The molecule has 1 fully saturated rings. The summed E-state index contributed by atoms with van der Waals surface area (Å²) in [5, 5.41) is 9.78. The van der Waals surface area contributed by atoms with E-state index in [0.717, 1.165) is 13.1 Å². The highest BCUT2D eigenvalue weighted by Crippen LogP contribution is 2.23. The molecule has 0 atom stereocenters. The van der Waals surface area contributed by atoms with E-state index in [-0.39, 0.29) is 5.56 Å². The van der Waals surface area contributed by atoms with Crippen molar-refractivity contribution in [2.24, 2.45) is 0 Å². The van der Waals surface area contributed by atoms with Crippen LogP contribution >= 0.6 is 0 Å². The van der Waals surface area contributed by atoms with Crippen molar-refractivity contribution in [2.75, 3.05) is 18.0 Å². The number of hydrogen-bond donors (Lipinski definition) is 2. The molecule has 0 aromatic carbocycles. The summed E-state index contributed by atoms with van der Waals surface area (Å²) in [6.07, 6.45) is 2.83. The molecule has 82 valence electrons. The molecule has 2 heterocycles. The van der Waals surface area contributed by atoms with Gasteiger partial charge in [0, 0.05) is 19.2 Å². The predicted octanol–water partition coefficient (Wildman–Crippen LogP) is 0.121. The minimum absolute atomic E-state index is 0.141. The quantitative estimate of drug-likeness (QED) is 0.689. The highest BCUT2D eigenvalue weighted by Gasteiger charge is 2.27. The molecule has 1 aromatic rings. The first-order chi connectivity index (χ1) is 7.07. The van der Waals surface area contributed by atoms with E-state index >= 15 is 0 Å². The minimum Gasteiger partial charge on any atom is -0.390 e. The summed E-state index contributed by atoms with van der Waals surface area (Å²) in [5.74, 6) is 0.689. The van der Waals surface area contributed by atoms with E-state index in [4.69, 9.17) is 0 Å². The number of piperidine rings is 1. The van der Waals surface area contributed by atoms with Gasteiger partial charge in [0.15, 0.2) is 0 Å². The lowest BCUT2D eigenvalue weighted by Gasteiger charge is -2.36. The lowest BCUT2D eigenvalue weighted by Crippen LogP contribution is -2.43. The summed E-state index contributed by atoms with van der Waals surface area (Å²) in [5.41, 5.74) is -0.713. The molecular weight excluding hydrogens is 194 g/mol. The number of anilines is 1. The number of rotatable bonds is 1. The zero-order valence-corrected chi connectivity index (χ0v) is 8.73. The first-order valence-electron chi connectivity index (χ1n) is 5.09. The van der Waals surface area contributed by atoms with Gasteiger partial charge < -0.3 is 15.0 Å². The molecule has 0 bridgehead atoms. The summed E-state index contributed by atoms with van der Waals surface area (Å²) >= 11 is 0. The summed E-state index contributed by atoms with van der Waals surface area (Å²) in [7, 11) is 0. The Kier molecular flexibility index (Phi) is 2.48. The maximum atomic E-state index is 11.1. The second kappa shape index (κ2) is 3.66. The third kappa shape index (κ3) is 2.36. The molecular formula is C10H15N3O2. The van der Waals surface area contributed by atoms with Crippen molar-refractivity contribution in [3.05, 3.63) is 22.7 Å². The maximum absolute atomic E-state index is 11.1. The Morgan fingerprint density at radius 2 is 2.20 bits per heavy atom. The smallest absolute Gasteiger partial charge is 0.252 e. The summed E-state index contributed by atoms with van der Waals surface area (Å²) in [6.45, 7) is 3.32. The van der Waals surface area contributed by atoms with Gasteiger partial charge in [0.25, 0.3) is 5.56 Å². The van der Waals surface area contributed by atoms with Crippen molar-refractivity contribution in [3.8, 4) is 0 Å². The van der Waals surface area contributed by atoms with E-state index in [2.05, 4.69) is 9.97 Å². The van der Waals surface area contributed by atoms with Crippen LogP contribution in [0.1, 0.15) is 19.8 Å². The Morgan fingerprint density at radius 3 is 2.80 bits per heavy atom. The van der Waals surface area contributed by atoms with E-state index in [0.29, 0.717) is 18.7 Å². The van der Waals surface area contributed by atoms with Crippen LogP contribution in [-0.2, 0) is 0 Å². The van der Waals surface area contributed by atoms with Gasteiger partial charge in [0.05, 0.1) is 11.9 Å². The van der Waals surface area contributed by atoms with Gasteiger partial charge in [-0.2, -0.15) is 0 Å². The molecule has 0 saturated carbocycles. The van der Waals surface area contributed by atoms with Crippen LogP contribution in [-0.4, -0.2) is 33.8 Å². The lowest BCUT2D eigenvalue weighted by atomic mass is 9.94. The molecule has 15 heavy (non-hydrogen) atoms. The SMILES string of the molecule is CC1(O)CCN(c2cc(=O)[nH]cn2)CC1. The second-order valence-electron chi connectivity index (χ2n) is 4.25. The van der Waals surface area contributed by atoms with E-state index in [1.54, 1.807) is 0 Å². The molecule has 2 rings (SSSR count). The van der Waals surface area contributed by atoms with Gasteiger partial charge in [-0.05, 0) is 19.8 Å². The molecule has 0 unspecified atom stereocenters. The molecule has 0 aliphatic carbocycles. The maximum Gasteiger partial charge on any atom is 0.252 e. The van der Waals surface area contributed by atoms with Gasteiger partial charge >= 0.3 is 0 Å². The number of aromatic nitrogens is 2. The van der Waals surface area contributed by atoms with Crippen LogP contribution in [0.3, 0.4) is 0 Å². The monoisotopic (exact) mass is 209 g/mol. The fourth-order valence-electron chi connectivity index (χ4n) is 1.75. The lowest BCUT2D eigenvalue weighted by molar-refractivity contribution is 0.0350. The molecule has 5 heteroatoms. The van der Waals surface area contributed by atoms with Crippen molar-refractivity contribution in [3.63, 3.8) is 0 Å². The van der Waals surface area contributed by atoms with E-state index in [1.807, 2.05) is 11.8 Å². The van der Waals surface area contributed by atoms with Crippen LogP contribution in [0.4, 0.5) is 5.82 Å². The van der Waals surface area contributed by atoms with Gasteiger partial charge in [-0.1, -0.05) is 0 Å². The van der Waals surface area contributed by atoms with Crippen LogP contribution < -0.4 is 10.5 Å². The molecule has 1 saturated heterocycles. The Bertz CT molecular complexity index is 390. The fraction of sp³-hybridized carbons (Fsp3) is 0.600. The Balaban J connectivity index is 2.11. The normalized spacial score (nSPS) is 20.3. The predicted molar refractivity (Wildman–Crippen MR) is 56.9 cm³/mol. The van der Waals surface area contributed by atoms with E-state index < -0.39 is 5.60 Å². The molecule has 1 aromatic heterocycles. The Morgan fingerprint density at radius 1 is 1.53 bits per heavy atom. The van der Waals surface area contributed by atoms with Crippen LogP contribution in [0, 0.1) is 0 Å². The Hall–Kier alpha value is -1.36. The van der Waals surface area contributed by atoms with Gasteiger partial charge in [-0.3, -0.25) is 4.79 Å². The fourth-order valence-corrected chi connectivity index (χ4v) is 1.75. The first-order valence-corrected chi connectivity index (χ1v) is 5.09. The average Bonchev–Trinajstić information content (AvgIpc) is 2.17. The van der Waals surface area contributed by atoms with Gasteiger partial charge in [-0.25, -0.2) is 4.98 Å². The van der Waals surface area contributed by atoms with Gasteiger partial charge in [0.1, 0.15) is 5.82 Å². The number of nitrogens with zero attached hydrogens (tertiary/aromatic N) is 2. The van der Waals surface area contributed by atoms with Gasteiger partial charge in [-0.15, -0.1) is 0 Å². The number of nitrogens with one attached hydrogen (secondary N) is 1. The van der Waals surface area contributed by atoms with Crippen molar-refractivity contribution in [2.45, 2.75) is 25.4 Å². The molecule has 0 radical (unpaired) electrons. The van der Waals surface area contributed by atoms with Crippen molar-refractivity contribution >= 4 is 5.82 Å². The first kappa shape index (κ1) is 10.2. The Labute approximate surface area is 87.8 Å². The molecule has 1 aliphatic rings.